The van der Waals surface area contributed by atoms with Crippen molar-refractivity contribution in [2.45, 2.75) is 13.8 Å². The van der Waals surface area contributed by atoms with E-state index in [-0.39, 0.29) is 0 Å². The third-order valence-electron chi connectivity index (χ3n) is 2.35. The first kappa shape index (κ1) is 8.28. The lowest BCUT2D eigenvalue weighted by Crippen LogP contribution is -2.26. The Kier molecular flexibility index (Phi) is 1.50. The molecule has 0 aliphatic rings. The largest absolute Gasteiger partial charge is 0.389 e. The third-order valence-corrected chi connectivity index (χ3v) is 2.35. The van der Waals surface area contributed by atoms with E-state index < -0.39 is 0 Å². The highest BCUT2D eigenvalue weighted by atomic mass is 15.4. The highest BCUT2D eigenvalue weighted by Gasteiger charge is 2.15. The van der Waals surface area contributed by atoms with E-state index in [9.17, 15) is 0 Å². The Morgan fingerprint density at radius 1 is 1.33 bits per heavy atom. The van der Waals surface area contributed by atoms with Crippen molar-refractivity contribution < 1.29 is 4.40 Å². The maximum atomic E-state index is 4.36. The summed E-state index contributed by atoms with van der Waals surface area (Å²) < 4.78 is 3.67. The van der Waals surface area contributed by atoms with E-state index in [1.54, 1.807) is 10.7 Å². The minimum absolute atomic E-state index is 0.686. The van der Waals surface area contributed by atoms with Gasteiger partial charge in [0.15, 0.2) is 0 Å². The van der Waals surface area contributed by atoms with E-state index >= 15 is 0 Å². The number of hydrogen-bond donors (Lipinski definition) is 0. The van der Waals surface area contributed by atoms with Crippen LogP contribution in [0.3, 0.4) is 0 Å². The summed E-state index contributed by atoms with van der Waals surface area (Å²) in [5.41, 5.74) is 2.06. The highest BCUT2D eigenvalue weighted by molar-refractivity contribution is 5.28. The fourth-order valence-corrected chi connectivity index (χ4v) is 1.77. The normalized spacial score (nSPS) is 11.3. The molecule has 0 aliphatic carbocycles. The summed E-state index contributed by atoms with van der Waals surface area (Å²) in [6.07, 6.45) is 3.62. The van der Waals surface area contributed by atoms with E-state index in [1.165, 1.54) is 0 Å². The van der Waals surface area contributed by atoms with Gasteiger partial charge in [-0.15, -0.1) is 14.5 Å². The van der Waals surface area contributed by atoms with Crippen molar-refractivity contribution in [1.82, 2.24) is 19.6 Å². The van der Waals surface area contributed by atoms with Crippen LogP contribution in [-0.4, -0.2) is 19.6 Å². The summed E-state index contributed by atoms with van der Waals surface area (Å²) >= 11 is 0. The van der Waals surface area contributed by atoms with Crippen molar-refractivity contribution in [3.05, 3.63) is 35.9 Å². The van der Waals surface area contributed by atoms with Gasteiger partial charge in [-0.25, -0.2) is 0 Å². The van der Waals surface area contributed by atoms with Gasteiger partial charge in [-0.05, 0) is 26.0 Å². The summed E-state index contributed by atoms with van der Waals surface area (Å²) in [5.74, 6) is 1.48. The maximum Gasteiger partial charge on any atom is 0.389 e. The van der Waals surface area contributed by atoms with Gasteiger partial charge in [-0.1, -0.05) is 0 Å². The molecule has 0 radical (unpaired) electrons. The summed E-state index contributed by atoms with van der Waals surface area (Å²) in [6.45, 7) is 3.99. The second-order valence-electron chi connectivity index (χ2n) is 3.54. The van der Waals surface area contributed by atoms with Crippen LogP contribution in [0.4, 0.5) is 0 Å². The topological polar surface area (TPSA) is 47.2 Å². The van der Waals surface area contributed by atoms with Gasteiger partial charge in [0.05, 0.1) is 23.8 Å². The molecule has 0 saturated carbocycles. The van der Waals surface area contributed by atoms with Gasteiger partial charge in [0.1, 0.15) is 0 Å². The van der Waals surface area contributed by atoms with E-state index in [0.717, 1.165) is 17.2 Å². The van der Waals surface area contributed by atoms with Crippen LogP contribution in [0.1, 0.15) is 11.4 Å². The van der Waals surface area contributed by atoms with Crippen LogP contribution in [-0.2, 0) is 0 Å². The quantitative estimate of drug-likeness (QED) is 0.496. The van der Waals surface area contributed by atoms with Crippen molar-refractivity contribution >= 4 is 11.6 Å². The van der Waals surface area contributed by atoms with Gasteiger partial charge in [0, 0.05) is 5.10 Å². The fourth-order valence-electron chi connectivity index (χ4n) is 1.77. The van der Waals surface area contributed by atoms with Crippen LogP contribution in [0.15, 0.2) is 24.5 Å². The summed E-state index contributed by atoms with van der Waals surface area (Å²) in [6, 6.07) is 3.87. The molecule has 0 N–H and O–H groups in total. The number of aryl methyl sites for hydroxylation is 2. The zero-order chi connectivity index (χ0) is 10.4. The molecule has 3 aromatic rings. The van der Waals surface area contributed by atoms with Crippen LogP contribution in [0.25, 0.3) is 11.6 Å². The lowest BCUT2D eigenvalue weighted by molar-refractivity contribution is -0.496. The van der Waals surface area contributed by atoms with E-state index in [0.29, 0.717) is 5.78 Å². The van der Waals surface area contributed by atoms with Gasteiger partial charge < -0.3 is 0 Å². The number of aromatic nitrogens is 5. The molecule has 0 amide bonds. The summed E-state index contributed by atoms with van der Waals surface area (Å²) in [7, 11) is 0. The lowest BCUT2D eigenvalue weighted by atomic mass is 10.3. The van der Waals surface area contributed by atoms with Gasteiger partial charge in [0.25, 0.3) is 0 Å². The van der Waals surface area contributed by atoms with Crippen LogP contribution in [0, 0.1) is 13.8 Å². The molecule has 0 unspecified atom stereocenters. The van der Waals surface area contributed by atoms with Crippen LogP contribution in [0.5, 0.6) is 0 Å². The first-order valence-corrected chi connectivity index (χ1v) is 4.75. The van der Waals surface area contributed by atoms with Crippen LogP contribution in [0.2, 0.25) is 0 Å². The Balaban J connectivity index is 2.61. The second-order valence-corrected chi connectivity index (χ2v) is 3.54. The predicted molar refractivity (Wildman–Crippen MR) is 53.4 cm³/mol. The molecule has 0 atom stereocenters. The van der Waals surface area contributed by atoms with Crippen molar-refractivity contribution in [3.63, 3.8) is 0 Å². The van der Waals surface area contributed by atoms with Crippen molar-refractivity contribution in [3.8, 4) is 0 Å². The van der Waals surface area contributed by atoms with Gasteiger partial charge in [0.2, 0.25) is 0 Å². The molecule has 3 heterocycles. The molecule has 5 heteroatoms. The number of fused-ring (bicyclic) bond motifs is 3. The number of hydrogen-bond acceptors (Lipinski definition) is 3. The Morgan fingerprint density at radius 3 is 3.07 bits per heavy atom. The molecule has 0 aliphatic heterocycles. The fraction of sp³-hybridized carbons (Fsp3) is 0.200. The van der Waals surface area contributed by atoms with Crippen LogP contribution < -0.4 is 4.40 Å². The van der Waals surface area contributed by atoms with Crippen molar-refractivity contribution in [2.24, 2.45) is 0 Å². The molecule has 3 rings (SSSR count). The number of nitrogens with zero attached hydrogens (tertiary/aromatic N) is 5. The summed E-state index contributed by atoms with van der Waals surface area (Å²) in [5, 5.41) is 4.34. The Hall–Kier alpha value is -2.04. The van der Waals surface area contributed by atoms with Gasteiger partial charge in [-0.3, -0.25) is 0 Å². The SMILES string of the molecule is Cc1cc(C)[n+]2c(n1)nn1cccnc12. The molecule has 3 aromatic heterocycles. The standard InChI is InChI=1S/C10H10N5/c1-7-6-8(2)15-9(12-7)13-14-5-3-4-11-10(14)15/h3-6H,1-2H3/q+1. The molecule has 5 nitrogen and oxygen atoms in total. The van der Waals surface area contributed by atoms with Gasteiger partial charge in [-0.2, -0.15) is 4.40 Å². The molecule has 0 saturated heterocycles. The minimum atomic E-state index is 0.686. The first-order valence-electron chi connectivity index (χ1n) is 4.75. The predicted octanol–water partition coefficient (Wildman–Crippen LogP) is 0.480. The molecule has 0 fully saturated rings. The van der Waals surface area contributed by atoms with E-state index in [2.05, 4.69) is 15.1 Å². The molecule has 15 heavy (non-hydrogen) atoms. The smallest absolute Gasteiger partial charge is 0.178 e. The van der Waals surface area contributed by atoms with E-state index in [4.69, 9.17) is 0 Å². The average molecular weight is 200 g/mol. The third kappa shape index (κ3) is 1.09. The second kappa shape index (κ2) is 2.73. The summed E-state index contributed by atoms with van der Waals surface area (Å²) in [4.78, 5) is 8.65. The molecular weight excluding hydrogens is 190 g/mol. The zero-order valence-electron chi connectivity index (χ0n) is 8.55. The Bertz CT molecular complexity index is 655. The van der Waals surface area contributed by atoms with Crippen LogP contribution >= 0.6 is 0 Å². The Morgan fingerprint density at radius 2 is 2.20 bits per heavy atom. The molecule has 74 valence electrons. The van der Waals surface area contributed by atoms with Gasteiger partial charge >= 0.3 is 11.6 Å². The maximum absolute atomic E-state index is 4.36. The lowest BCUT2D eigenvalue weighted by Gasteiger charge is -1.93. The van der Waals surface area contributed by atoms with Crippen molar-refractivity contribution in [2.75, 3.05) is 0 Å². The highest BCUT2D eigenvalue weighted by Crippen LogP contribution is 2.00. The zero-order valence-corrected chi connectivity index (χ0v) is 8.55. The molecule has 0 bridgehead atoms. The van der Waals surface area contributed by atoms with Crippen molar-refractivity contribution in [1.29, 1.82) is 0 Å². The average Bonchev–Trinajstić information content (AvgIpc) is 2.54. The first-order chi connectivity index (χ1) is 7.25. The Labute approximate surface area is 86.0 Å². The monoisotopic (exact) mass is 200 g/mol. The minimum Gasteiger partial charge on any atom is -0.178 e. The molecule has 0 aromatic carbocycles. The number of rotatable bonds is 0. The molecule has 0 spiro atoms. The van der Waals surface area contributed by atoms with E-state index in [1.807, 2.05) is 36.6 Å². The molecular formula is C10H10N5+.